The topological polar surface area (TPSA) is 3.24 Å². The fraction of sp³-hybridized carbons (Fsp3) is 0.857. The lowest BCUT2D eigenvalue weighted by molar-refractivity contribution is 0.0727. The molecule has 51 valence electrons. The highest BCUT2D eigenvalue weighted by Gasteiger charge is 2.32. The molecule has 1 aliphatic heterocycles. The van der Waals surface area contributed by atoms with Gasteiger partial charge in [0.15, 0.2) is 0 Å². The fourth-order valence-corrected chi connectivity index (χ4v) is 1.20. The quantitative estimate of drug-likeness (QED) is 0.536. The first kappa shape index (κ1) is 5.66. The normalized spacial score (nSPS) is 30.3. The van der Waals surface area contributed by atoms with E-state index in [0.717, 1.165) is 6.54 Å². The van der Waals surface area contributed by atoms with Gasteiger partial charge in [-0.2, -0.15) is 0 Å². The lowest BCUT2D eigenvalue weighted by atomic mass is 10.2. The molecule has 1 saturated carbocycles. The van der Waals surface area contributed by atoms with Crippen molar-refractivity contribution in [2.75, 3.05) is 19.6 Å². The number of hydrogen-bond acceptors (Lipinski definition) is 1. The molecule has 2 heteroatoms. The molecule has 1 radical (unpaired) electrons. The molecule has 0 N–H and O–H groups in total. The third-order valence-corrected chi connectivity index (χ3v) is 1.96. The number of hydrogen-bond donors (Lipinski definition) is 0. The van der Waals surface area contributed by atoms with Crippen LogP contribution in [0.5, 0.6) is 0 Å². The Hall–Kier alpha value is -0.110. The van der Waals surface area contributed by atoms with Gasteiger partial charge in [0, 0.05) is 19.6 Å². The van der Waals surface area contributed by atoms with Crippen LogP contribution in [0.4, 0.5) is 4.39 Å². The highest BCUT2D eigenvalue weighted by Crippen LogP contribution is 2.33. The van der Waals surface area contributed by atoms with Crippen LogP contribution in [0.1, 0.15) is 12.8 Å². The minimum Gasteiger partial charge on any atom is -0.297 e. The SMILES string of the molecule is FC1CN(C[C]2CC2)C1. The van der Waals surface area contributed by atoms with Gasteiger partial charge in [-0.1, -0.05) is 0 Å². The Morgan fingerprint density at radius 3 is 2.56 bits per heavy atom. The number of rotatable bonds is 2. The van der Waals surface area contributed by atoms with Gasteiger partial charge in [-0.3, -0.25) is 4.90 Å². The zero-order chi connectivity index (χ0) is 6.27. The molecule has 2 fully saturated rings. The average molecular weight is 128 g/mol. The summed E-state index contributed by atoms with van der Waals surface area (Å²) in [6, 6.07) is 0. The lowest BCUT2D eigenvalue weighted by Crippen LogP contribution is -2.48. The molecule has 1 aliphatic carbocycles. The van der Waals surface area contributed by atoms with Gasteiger partial charge in [-0.05, 0) is 18.8 Å². The zero-order valence-electron chi connectivity index (χ0n) is 5.44. The van der Waals surface area contributed by atoms with Gasteiger partial charge in [-0.25, -0.2) is 4.39 Å². The Morgan fingerprint density at radius 1 is 1.44 bits per heavy atom. The summed E-state index contributed by atoms with van der Waals surface area (Å²) in [5.74, 6) is 1.61. The molecule has 1 nitrogen and oxygen atoms in total. The predicted molar refractivity (Wildman–Crippen MR) is 33.8 cm³/mol. The molecule has 1 heterocycles. The predicted octanol–water partition coefficient (Wildman–Crippen LogP) is 1.01. The molecule has 9 heavy (non-hydrogen) atoms. The van der Waals surface area contributed by atoms with E-state index in [1.807, 2.05) is 0 Å². The summed E-state index contributed by atoms with van der Waals surface area (Å²) < 4.78 is 12.2. The lowest BCUT2D eigenvalue weighted by Gasteiger charge is -2.34. The van der Waals surface area contributed by atoms with Gasteiger partial charge < -0.3 is 0 Å². The van der Waals surface area contributed by atoms with Gasteiger partial charge in [0.1, 0.15) is 6.17 Å². The number of nitrogens with zero attached hydrogens (tertiary/aromatic N) is 1. The first-order valence-electron chi connectivity index (χ1n) is 3.54. The second-order valence-electron chi connectivity index (χ2n) is 3.04. The third kappa shape index (κ3) is 1.23. The summed E-state index contributed by atoms with van der Waals surface area (Å²) in [7, 11) is 0. The van der Waals surface area contributed by atoms with Gasteiger partial charge in [0.05, 0.1) is 0 Å². The monoisotopic (exact) mass is 128 g/mol. The van der Waals surface area contributed by atoms with Crippen LogP contribution in [0.25, 0.3) is 0 Å². The van der Waals surface area contributed by atoms with E-state index in [1.54, 1.807) is 5.92 Å². The molecule has 0 unspecified atom stereocenters. The van der Waals surface area contributed by atoms with E-state index in [2.05, 4.69) is 4.90 Å². The van der Waals surface area contributed by atoms with Crippen LogP contribution in [0.2, 0.25) is 0 Å². The van der Waals surface area contributed by atoms with E-state index >= 15 is 0 Å². The molecule has 0 amide bonds. The Morgan fingerprint density at radius 2 is 2.11 bits per heavy atom. The largest absolute Gasteiger partial charge is 0.297 e. The van der Waals surface area contributed by atoms with E-state index in [1.165, 1.54) is 12.8 Å². The Kier molecular flexibility index (Phi) is 1.22. The van der Waals surface area contributed by atoms with E-state index in [4.69, 9.17) is 0 Å². The minimum atomic E-state index is -0.524. The molecular formula is C7H11FN. The van der Waals surface area contributed by atoms with Crippen molar-refractivity contribution in [1.29, 1.82) is 0 Å². The number of alkyl halides is 1. The smallest absolute Gasteiger partial charge is 0.125 e. The van der Waals surface area contributed by atoms with Gasteiger partial charge in [0.25, 0.3) is 0 Å². The maximum Gasteiger partial charge on any atom is 0.125 e. The Labute approximate surface area is 54.8 Å². The highest BCUT2D eigenvalue weighted by atomic mass is 19.1. The van der Waals surface area contributed by atoms with Crippen molar-refractivity contribution in [1.82, 2.24) is 4.90 Å². The zero-order valence-corrected chi connectivity index (χ0v) is 5.44. The van der Waals surface area contributed by atoms with Crippen LogP contribution in [0, 0.1) is 5.92 Å². The third-order valence-electron chi connectivity index (χ3n) is 1.96. The first-order valence-corrected chi connectivity index (χ1v) is 3.54. The maximum absolute atomic E-state index is 12.2. The second-order valence-corrected chi connectivity index (χ2v) is 3.04. The minimum absolute atomic E-state index is 0.524. The van der Waals surface area contributed by atoms with Gasteiger partial charge >= 0.3 is 0 Å². The standard InChI is InChI=1S/C7H11FN/c8-7-4-9(5-7)3-6-1-2-6/h7H,1-5H2. The van der Waals surface area contributed by atoms with Crippen LogP contribution in [-0.2, 0) is 0 Å². The van der Waals surface area contributed by atoms with Crippen molar-refractivity contribution in [2.45, 2.75) is 19.0 Å². The maximum atomic E-state index is 12.2. The van der Waals surface area contributed by atoms with Crippen LogP contribution >= 0.6 is 0 Å². The van der Waals surface area contributed by atoms with Crippen molar-refractivity contribution in [3.05, 3.63) is 5.92 Å². The number of likely N-dealkylation sites (tertiary alicyclic amines) is 1. The summed E-state index contributed by atoms with van der Waals surface area (Å²) in [5, 5.41) is 0. The first-order chi connectivity index (χ1) is 4.34. The van der Waals surface area contributed by atoms with Crippen LogP contribution < -0.4 is 0 Å². The Balaban J connectivity index is 1.64. The molecule has 0 bridgehead atoms. The summed E-state index contributed by atoms with van der Waals surface area (Å²) >= 11 is 0. The van der Waals surface area contributed by atoms with E-state index in [0.29, 0.717) is 13.1 Å². The van der Waals surface area contributed by atoms with Crippen molar-refractivity contribution in [3.63, 3.8) is 0 Å². The molecule has 2 aliphatic rings. The summed E-state index contributed by atoms with van der Waals surface area (Å²) in [6.07, 6.45) is 2.07. The molecule has 0 atom stereocenters. The van der Waals surface area contributed by atoms with Crippen LogP contribution in [0.15, 0.2) is 0 Å². The van der Waals surface area contributed by atoms with Crippen molar-refractivity contribution in [3.8, 4) is 0 Å². The second kappa shape index (κ2) is 1.94. The Bertz CT molecular complexity index is 105. The number of halogens is 1. The molecular weight excluding hydrogens is 117 g/mol. The van der Waals surface area contributed by atoms with E-state index in [-0.39, 0.29) is 0 Å². The summed E-state index contributed by atoms with van der Waals surface area (Å²) in [5.41, 5.74) is 0. The van der Waals surface area contributed by atoms with Gasteiger partial charge in [0.2, 0.25) is 0 Å². The van der Waals surface area contributed by atoms with Gasteiger partial charge in [-0.15, -0.1) is 0 Å². The molecule has 0 spiro atoms. The summed E-state index contributed by atoms with van der Waals surface area (Å²) in [4.78, 5) is 2.17. The molecule has 0 aromatic heterocycles. The highest BCUT2D eigenvalue weighted by molar-refractivity contribution is 5.08. The van der Waals surface area contributed by atoms with E-state index < -0.39 is 6.17 Å². The molecule has 0 aromatic rings. The average Bonchev–Trinajstić information content (AvgIpc) is 2.45. The van der Waals surface area contributed by atoms with Crippen molar-refractivity contribution < 1.29 is 4.39 Å². The van der Waals surface area contributed by atoms with Crippen LogP contribution in [0.3, 0.4) is 0 Å². The van der Waals surface area contributed by atoms with E-state index in [9.17, 15) is 4.39 Å². The summed E-state index contributed by atoms with van der Waals surface area (Å²) in [6.45, 7) is 2.45. The molecule has 1 saturated heterocycles. The molecule has 2 rings (SSSR count). The van der Waals surface area contributed by atoms with Crippen molar-refractivity contribution >= 4 is 0 Å². The van der Waals surface area contributed by atoms with Crippen LogP contribution in [-0.4, -0.2) is 30.7 Å². The fourth-order valence-electron chi connectivity index (χ4n) is 1.20. The molecule has 0 aromatic carbocycles. The van der Waals surface area contributed by atoms with Crippen molar-refractivity contribution in [2.24, 2.45) is 0 Å².